The third-order valence-electron chi connectivity index (χ3n) is 11.6. The molecule has 0 aliphatic heterocycles. The molecule has 0 bridgehead atoms. The van der Waals surface area contributed by atoms with Crippen LogP contribution in [0.4, 0.5) is 0 Å². The van der Waals surface area contributed by atoms with Crippen LogP contribution < -0.4 is 0 Å². The molecule has 0 aliphatic carbocycles. The Labute approximate surface area is 338 Å². The minimum atomic E-state index is 0.948. The summed E-state index contributed by atoms with van der Waals surface area (Å²) in [5.41, 5.74) is 13.7. The second kappa shape index (κ2) is 14.2. The van der Waals surface area contributed by atoms with Gasteiger partial charge in [0, 0.05) is 11.1 Å². The molecule has 0 atom stereocenters. The van der Waals surface area contributed by atoms with Gasteiger partial charge in [-0.25, -0.2) is 4.98 Å². The molecule has 11 aromatic rings. The monoisotopic (exact) mass is 735 g/mol. The van der Waals surface area contributed by atoms with Crippen molar-refractivity contribution in [2.45, 2.75) is 0 Å². The maximum absolute atomic E-state index is 5.32. The summed E-state index contributed by atoms with van der Waals surface area (Å²) >= 11 is 0. The van der Waals surface area contributed by atoms with Crippen molar-refractivity contribution in [3.63, 3.8) is 0 Å². The first-order chi connectivity index (χ1) is 28.7. The average molecular weight is 736 g/mol. The van der Waals surface area contributed by atoms with Crippen LogP contribution in [0.1, 0.15) is 0 Å². The van der Waals surface area contributed by atoms with Crippen molar-refractivity contribution in [1.82, 2.24) is 4.98 Å². The lowest BCUT2D eigenvalue weighted by molar-refractivity contribution is 1.32. The lowest BCUT2D eigenvalue weighted by atomic mass is 9.85. The van der Waals surface area contributed by atoms with Gasteiger partial charge in [-0.3, -0.25) is 0 Å². The van der Waals surface area contributed by atoms with Crippen molar-refractivity contribution in [2.24, 2.45) is 0 Å². The van der Waals surface area contributed by atoms with E-state index in [4.69, 9.17) is 4.98 Å². The topological polar surface area (TPSA) is 12.9 Å². The Kier molecular flexibility index (Phi) is 8.23. The Balaban J connectivity index is 1.05. The third-order valence-corrected chi connectivity index (χ3v) is 11.6. The van der Waals surface area contributed by atoms with Crippen LogP contribution in [0.15, 0.2) is 224 Å². The number of pyridine rings is 1. The molecule has 11 rings (SSSR count). The number of nitrogens with zero attached hydrogens (tertiary/aromatic N) is 1. The molecular weight excluding hydrogens is 699 g/mol. The summed E-state index contributed by atoms with van der Waals surface area (Å²) in [7, 11) is 0. The molecule has 1 heterocycles. The van der Waals surface area contributed by atoms with Gasteiger partial charge in [0.25, 0.3) is 0 Å². The molecule has 0 saturated heterocycles. The van der Waals surface area contributed by atoms with Crippen molar-refractivity contribution in [2.75, 3.05) is 0 Å². The van der Waals surface area contributed by atoms with Crippen LogP contribution in [0.3, 0.4) is 0 Å². The summed E-state index contributed by atoms with van der Waals surface area (Å²) in [5, 5.41) is 9.91. The summed E-state index contributed by atoms with van der Waals surface area (Å²) in [5.74, 6) is 0. The highest BCUT2D eigenvalue weighted by Gasteiger charge is 2.18. The zero-order valence-electron chi connectivity index (χ0n) is 31.8. The first kappa shape index (κ1) is 33.7. The van der Waals surface area contributed by atoms with Crippen LogP contribution in [0.25, 0.3) is 110 Å². The normalized spacial score (nSPS) is 11.4. The van der Waals surface area contributed by atoms with E-state index >= 15 is 0 Å². The number of hydrogen-bond donors (Lipinski definition) is 0. The van der Waals surface area contributed by atoms with E-state index in [1.807, 2.05) is 0 Å². The molecule has 1 heteroatoms. The van der Waals surface area contributed by atoms with Gasteiger partial charge in [-0.2, -0.15) is 0 Å². The highest BCUT2D eigenvalue weighted by molar-refractivity contribution is 6.22. The van der Waals surface area contributed by atoms with Crippen LogP contribution in [0.5, 0.6) is 0 Å². The van der Waals surface area contributed by atoms with E-state index in [-0.39, 0.29) is 0 Å². The maximum Gasteiger partial charge on any atom is 0.0715 e. The minimum Gasteiger partial charge on any atom is -0.248 e. The lowest BCUT2D eigenvalue weighted by Gasteiger charge is -2.18. The minimum absolute atomic E-state index is 0.948. The molecule has 270 valence electrons. The molecule has 1 aromatic heterocycles. The van der Waals surface area contributed by atoms with E-state index in [2.05, 4.69) is 224 Å². The van der Waals surface area contributed by atoms with Crippen LogP contribution in [-0.4, -0.2) is 4.98 Å². The van der Waals surface area contributed by atoms with Gasteiger partial charge >= 0.3 is 0 Å². The molecule has 0 N–H and O–H groups in total. The summed E-state index contributed by atoms with van der Waals surface area (Å²) in [6.45, 7) is 0. The van der Waals surface area contributed by atoms with E-state index in [9.17, 15) is 0 Å². The van der Waals surface area contributed by atoms with E-state index in [0.29, 0.717) is 0 Å². The number of rotatable bonds is 6. The van der Waals surface area contributed by atoms with Gasteiger partial charge in [0.05, 0.1) is 11.4 Å². The van der Waals surface area contributed by atoms with Crippen LogP contribution in [0, 0.1) is 0 Å². The summed E-state index contributed by atoms with van der Waals surface area (Å²) < 4.78 is 0. The Morgan fingerprint density at radius 3 is 1.24 bits per heavy atom. The van der Waals surface area contributed by atoms with Gasteiger partial charge in [-0.05, 0) is 118 Å². The largest absolute Gasteiger partial charge is 0.248 e. The second-order valence-corrected chi connectivity index (χ2v) is 15.1. The van der Waals surface area contributed by atoms with Crippen molar-refractivity contribution in [3.8, 4) is 67.0 Å². The fourth-order valence-corrected chi connectivity index (χ4v) is 8.73. The van der Waals surface area contributed by atoms with Crippen LogP contribution in [-0.2, 0) is 0 Å². The summed E-state index contributed by atoms with van der Waals surface area (Å²) in [6, 6.07) is 81.4. The number of aromatic nitrogens is 1. The highest BCUT2D eigenvalue weighted by atomic mass is 14.7. The average Bonchev–Trinajstić information content (AvgIpc) is 3.30. The molecule has 58 heavy (non-hydrogen) atoms. The molecule has 0 fully saturated rings. The molecular formula is C57H37N. The predicted molar refractivity (Wildman–Crippen MR) is 247 cm³/mol. The van der Waals surface area contributed by atoms with E-state index in [0.717, 1.165) is 28.1 Å². The van der Waals surface area contributed by atoms with Gasteiger partial charge in [0.2, 0.25) is 0 Å². The zero-order valence-corrected chi connectivity index (χ0v) is 31.8. The van der Waals surface area contributed by atoms with Gasteiger partial charge in [-0.1, -0.05) is 194 Å². The Morgan fingerprint density at radius 1 is 0.207 bits per heavy atom. The lowest BCUT2D eigenvalue weighted by Crippen LogP contribution is -1.92. The number of hydrogen-bond acceptors (Lipinski definition) is 1. The molecule has 0 unspecified atom stereocenters. The predicted octanol–water partition coefficient (Wildman–Crippen LogP) is 15.7. The SMILES string of the molecule is c1ccc(-c2c3ccccc3c(-c3ccccc3)c3cc(-c4ccc(-c5cc(-c6ccc7ccccc7c6)cc(-c6ccc7ccccc7c6)n5)cc4)ccc23)cc1. The Hall–Kier alpha value is -7.61. The van der Waals surface area contributed by atoms with Crippen LogP contribution in [0.2, 0.25) is 0 Å². The molecule has 0 radical (unpaired) electrons. The number of benzene rings is 10. The molecule has 1 nitrogen and oxygen atoms in total. The number of fused-ring (bicyclic) bond motifs is 4. The summed E-state index contributed by atoms with van der Waals surface area (Å²) in [6.07, 6.45) is 0. The summed E-state index contributed by atoms with van der Waals surface area (Å²) in [4.78, 5) is 5.32. The first-order valence-electron chi connectivity index (χ1n) is 19.9. The third kappa shape index (κ3) is 6.02. The maximum atomic E-state index is 5.32. The fraction of sp³-hybridized carbons (Fsp3) is 0. The molecule has 0 aliphatic rings. The smallest absolute Gasteiger partial charge is 0.0715 e. The van der Waals surface area contributed by atoms with Crippen molar-refractivity contribution in [1.29, 1.82) is 0 Å². The standard InChI is InChI=1S/C57H37N/c1-3-15-42(16-4-1)56-50-21-11-12-22-51(50)57(43-17-5-2-6-18-43)53-35-47(31-32-52(53)56)40-23-27-41(28-24-40)54-36-49(46-29-25-38-13-7-9-19-44(38)33-46)37-55(58-54)48-30-26-39-14-8-10-20-45(39)34-48/h1-37H. The molecule has 0 amide bonds. The van der Waals surface area contributed by atoms with Crippen molar-refractivity contribution in [3.05, 3.63) is 224 Å². The van der Waals surface area contributed by atoms with E-state index in [1.54, 1.807) is 0 Å². The zero-order chi connectivity index (χ0) is 38.4. The highest BCUT2D eigenvalue weighted by Crippen LogP contribution is 2.45. The van der Waals surface area contributed by atoms with Crippen molar-refractivity contribution >= 4 is 43.1 Å². The molecule has 0 saturated carbocycles. The Morgan fingerprint density at radius 2 is 0.621 bits per heavy atom. The quantitative estimate of drug-likeness (QED) is 0.155. The van der Waals surface area contributed by atoms with Gasteiger partial charge < -0.3 is 0 Å². The fourth-order valence-electron chi connectivity index (χ4n) is 8.73. The second-order valence-electron chi connectivity index (χ2n) is 15.1. The van der Waals surface area contributed by atoms with Gasteiger partial charge in [0.15, 0.2) is 0 Å². The molecule has 0 spiro atoms. The first-order valence-corrected chi connectivity index (χ1v) is 19.9. The van der Waals surface area contributed by atoms with Crippen LogP contribution >= 0.6 is 0 Å². The van der Waals surface area contributed by atoms with Gasteiger partial charge in [-0.15, -0.1) is 0 Å². The van der Waals surface area contributed by atoms with Gasteiger partial charge in [0.1, 0.15) is 0 Å². The molecule has 10 aromatic carbocycles. The van der Waals surface area contributed by atoms with E-state index < -0.39 is 0 Å². The Bertz CT molecular complexity index is 3210. The van der Waals surface area contributed by atoms with Crippen molar-refractivity contribution < 1.29 is 0 Å². The van der Waals surface area contributed by atoms with E-state index in [1.165, 1.54) is 82.0 Å².